The molecular weight excluding hydrogens is 502 g/mol. The summed E-state index contributed by atoms with van der Waals surface area (Å²) in [5.41, 5.74) is 1.60. The van der Waals surface area contributed by atoms with E-state index in [0.717, 1.165) is 23.4 Å². The van der Waals surface area contributed by atoms with Crippen LogP contribution in [0.15, 0.2) is 65.2 Å². The average Bonchev–Trinajstić information content (AvgIpc) is 3.35. The number of carbonyl (C=O) groups excluding carboxylic acids is 2. The highest BCUT2D eigenvalue weighted by atomic mass is 32.2. The first-order valence-corrected chi connectivity index (χ1v) is 13.0. The molecule has 0 bridgehead atoms. The molecular formula is C25H27N3O8S. The Bertz CT molecular complexity index is 1400. The monoisotopic (exact) mass is 529 g/mol. The molecule has 2 heterocycles. The quantitative estimate of drug-likeness (QED) is 0.246. The van der Waals surface area contributed by atoms with Crippen molar-refractivity contribution < 1.29 is 32.8 Å². The number of aliphatic hydroxyl groups is 1. The number of likely N-dealkylation sites (N-methyl/N-ethyl adjacent to an activating group) is 1. The van der Waals surface area contributed by atoms with Gasteiger partial charge in [-0.1, -0.05) is 44.2 Å². The molecule has 4 rings (SSSR count). The second-order valence-electron chi connectivity index (χ2n) is 9.51. The van der Waals surface area contributed by atoms with Crippen LogP contribution in [0, 0.1) is 10.1 Å². The number of carbonyl (C=O) groups is 2. The molecule has 2 atom stereocenters. The summed E-state index contributed by atoms with van der Waals surface area (Å²) in [6, 6.07) is 11.1. The number of ether oxygens (including phenoxy) is 1. The maximum absolute atomic E-state index is 13.2. The number of fused-ring (bicyclic) bond motifs is 1. The number of hydrogen-bond acceptors (Lipinski definition) is 9. The van der Waals surface area contributed by atoms with Gasteiger partial charge in [-0.25, -0.2) is 8.42 Å². The molecule has 0 saturated carbocycles. The van der Waals surface area contributed by atoms with E-state index in [0.29, 0.717) is 10.0 Å². The number of benzene rings is 2. The zero-order valence-corrected chi connectivity index (χ0v) is 21.3. The van der Waals surface area contributed by atoms with Gasteiger partial charge in [0, 0.05) is 49.0 Å². The van der Waals surface area contributed by atoms with E-state index in [4.69, 9.17) is 4.74 Å². The van der Waals surface area contributed by atoms with Crippen molar-refractivity contribution in [1.29, 1.82) is 0 Å². The standard InChI is InChI=1S/C25H27N3O8S/c1-25(2)18-8-4-5-9-19(18)26(3)23(25)13-17(30)15-36-24(31)21-12-16(29)14-27(21)37(34,35)22-11-7-6-10-20(22)28(32)33/h4-11,13,16,21,29H,12,14-15H2,1-3H3/b23-13-/t16-,21+/m1/s1. The minimum Gasteiger partial charge on any atom is -0.456 e. The van der Waals surface area contributed by atoms with Crippen LogP contribution in [0.5, 0.6) is 0 Å². The molecule has 1 N–H and O–H groups in total. The van der Waals surface area contributed by atoms with E-state index in [1.54, 1.807) is 0 Å². The number of nitro benzene ring substituents is 1. The fourth-order valence-electron chi connectivity index (χ4n) is 4.91. The first kappa shape index (κ1) is 26.5. The fourth-order valence-corrected chi connectivity index (χ4v) is 6.69. The number of nitro groups is 1. The minimum absolute atomic E-state index is 0.265. The zero-order chi connectivity index (χ0) is 27.1. The molecule has 0 aromatic heterocycles. The van der Waals surface area contributed by atoms with Crippen molar-refractivity contribution >= 4 is 33.2 Å². The number of esters is 1. The van der Waals surface area contributed by atoms with Gasteiger partial charge in [0.15, 0.2) is 17.3 Å². The molecule has 11 nitrogen and oxygen atoms in total. The summed E-state index contributed by atoms with van der Waals surface area (Å²) in [6.07, 6.45) is -0.0446. The van der Waals surface area contributed by atoms with Gasteiger partial charge in [0.25, 0.3) is 15.7 Å². The van der Waals surface area contributed by atoms with E-state index in [1.165, 1.54) is 18.2 Å². The number of allylic oxidation sites excluding steroid dienone is 1. The van der Waals surface area contributed by atoms with Crippen molar-refractivity contribution in [3.05, 3.63) is 76.0 Å². The third-order valence-corrected chi connectivity index (χ3v) is 8.67. The average molecular weight is 530 g/mol. The molecule has 1 fully saturated rings. The third kappa shape index (κ3) is 4.75. The van der Waals surface area contributed by atoms with Crippen LogP contribution in [0.25, 0.3) is 0 Å². The van der Waals surface area contributed by atoms with E-state index in [9.17, 15) is 33.2 Å². The Morgan fingerprint density at radius 2 is 1.84 bits per heavy atom. The normalized spacial score (nSPS) is 22.2. The SMILES string of the molecule is CN1/C(=C\C(=O)COC(=O)[C@@H]2C[C@@H](O)CN2S(=O)(=O)c2ccccc2[N+](=O)[O-])C(C)(C)c2ccccc21. The summed E-state index contributed by atoms with van der Waals surface area (Å²) in [6.45, 7) is 2.88. The van der Waals surface area contributed by atoms with Gasteiger partial charge in [-0.2, -0.15) is 4.31 Å². The summed E-state index contributed by atoms with van der Waals surface area (Å²) >= 11 is 0. The first-order chi connectivity index (χ1) is 17.4. The van der Waals surface area contributed by atoms with Crippen LogP contribution in [-0.4, -0.2) is 66.9 Å². The van der Waals surface area contributed by atoms with Gasteiger partial charge in [0.2, 0.25) is 0 Å². The zero-order valence-electron chi connectivity index (χ0n) is 20.5. The molecule has 2 aromatic rings. The molecule has 1 saturated heterocycles. The van der Waals surface area contributed by atoms with Crippen molar-refractivity contribution in [2.24, 2.45) is 0 Å². The molecule has 2 aliphatic rings. The largest absolute Gasteiger partial charge is 0.456 e. The summed E-state index contributed by atoms with van der Waals surface area (Å²) in [5.74, 6) is -1.52. The number of para-hydroxylation sites is 2. The molecule has 12 heteroatoms. The van der Waals surface area contributed by atoms with Gasteiger partial charge < -0.3 is 14.7 Å². The van der Waals surface area contributed by atoms with Crippen molar-refractivity contribution in [1.82, 2.24) is 4.31 Å². The van der Waals surface area contributed by atoms with Gasteiger partial charge >= 0.3 is 5.97 Å². The van der Waals surface area contributed by atoms with Crippen molar-refractivity contribution in [3.63, 3.8) is 0 Å². The highest BCUT2D eigenvalue weighted by Crippen LogP contribution is 2.46. The van der Waals surface area contributed by atoms with E-state index >= 15 is 0 Å². The van der Waals surface area contributed by atoms with Crippen LogP contribution < -0.4 is 4.90 Å². The Hall–Kier alpha value is -3.61. The molecule has 0 unspecified atom stereocenters. The molecule has 0 radical (unpaired) electrons. The molecule has 2 aromatic carbocycles. The van der Waals surface area contributed by atoms with Crippen LogP contribution in [-0.2, 0) is 29.8 Å². The van der Waals surface area contributed by atoms with Gasteiger partial charge in [-0.15, -0.1) is 0 Å². The number of anilines is 1. The van der Waals surface area contributed by atoms with Crippen LogP contribution in [0.3, 0.4) is 0 Å². The smallest absolute Gasteiger partial charge is 0.325 e. The number of β-amino-alcohol motifs (C(OH)–C–C–N with tert-alkyl or cyclic N) is 1. The number of aliphatic hydroxyl groups excluding tert-OH is 1. The number of nitrogens with zero attached hydrogens (tertiary/aromatic N) is 3. The van der Waals surface area contributed by atoms with Crippen LogP contribution in [0.2, 0.25) is 0 Å². The predicted octanol–water partition coefficient (Wildman–Crippen LogP) is 2.14. The summed E-state index contributed by atoms with van der Waals surface area (Å²) in [5, 5.41) is 21.5. The first-order valence-electron chi connectivity index (χ1n) is 11.5. The van der Waals surface area contributed by atoms with Gasteiger partial charge in [-0.05, 0) is 17.7 Å². The van der Waals surface area contributed by atoms with Gasteiger partial charge in [0.05, 0.1) is 11.0 Å². The third-order valence-electron chi connectivity index (χ3n) is 6.75. The Kier molecular flexibility index (Phi) is 6.93. The summed E-state index contributed by atoms with van der Waals surface area (Å²) in [7, 11) is -2.69. The molecule has 37 heavy (non-hydrogen) atoms. The van der Waals surface area contributed by atoms with Gasteiger partial charge in [-0.3, -0.25) is 19.7 Å². The molecule has 196 valence electrons. The Morgan fingerprint density at radius 1 is 1.19 bits per heavy atom. The van der Waals surface area contributed by atoms with E-state index < -0.39 is 68.0 Å². The maximum Gasteiger partial charge on any atom is 0.325 e. The Labute approximate surface area is 214 Å². The van der Waals surface area contributed by atoms with Crippen LogP contribution >= 0.6 is 0 Å². The number of rotatable bonds is 7. The van der Waals surface area contributed by atoms with Crippen LogP contribution in [0.4, 0.5) is 11.4 Å². The van der Waals surface area contributed by atoms with Crippen molar-refractivity contribution in [3.8, 4) is 0 Å². The maximum atomic E-state index is 13.2. The predicted molar refractivity (Wildman–Crippen MR) is 133 cm³/mol. The van der Waals surface area contributed by atoms with Crippen molar-refractivity contribution in [2.45, 2.75) is 42.7 Å². The Balaban J connectivity index is 1.50. The lowest BCUT2D eigenvalue weighted by molar-refractivity contribution is -0.387. The van der Waals surface area contributed by atoms with E-state index in [-0.39, 0.29) is 6.42 Å². The highest BCUT2D eigenvalue weighted by Gasteiger charge is 2.46. The molecule has 2 aliphatic heterocycles. The lowest BCUT2D eigenvalue weighted by atomic mass is 9.83. The fraction of sp³-hybridized carbons (Fsp3) is 0.360. The molecule has 0 aliphatic carbocycles. The lowest BCUT2D eigenvalue weighted by Crippen LogP contribution is -2.42. The van der Waals surface area contributed by atoms with E-state index in [2.05, 4.69) is 0 Å². The Morgan fingerprint density at radius 3 is 2.51 bits per heavy atom. The second kappa shape index (κ2) is 9.69. The van der Waals surface area contributed by atoms with Crippen LogP contribution in [0.1, 0.15) is 25.8 Å². The van der Waals surface area contributed by atoms with E-state index in [1.807, 2.05) is 50.1 Å². The highest BCUT2D eigenvalue weighted by molar-refractivity contribution is 7.89. The molecule has 0 amide bonds. The summed E-state index contributed by atoms with van der Waals surface area (Å²) in [4.78, 5) is 37.4. The number of hydrogen-bond donors (Lipinski definition) is 1. The topological polar surface area (TPSA) is 147 Å². The number of sulfonamides is 1. The lowest BCUT2D eigenvalue weighted by Gasteiger charge is -2.24. The molecule has 0 spiro atoms. The minimum atomic E-state index is -4.52. The van der Waals surface area contributed by atoms with Gasteiger partial charge in [0.1, 0.15) is 6.04 Å². The summed E-state index contributed by atoms with van der Waals surface area (Å²) < 4.78 is 32.3. The second-order valence-corrected chi connectivity index (χ2v) is 11.4. The van der Waals surface area contributed by atoms with Crippen molar-refractivity contribution in [2.75, 3.05) is 25.1 Å². The number of ketones is 1.